The number of benzene rings is 2. The number of phenols is 2. The summed E-state index contributed by atoms with van der Waals surface area (Å²) in [5.74, 6) is -0.868. The van der Waals surface area contributed by atoms with Crippen LogP contribution in [0.3, 0.4) is 0 Å². The van der Waals surface area contributed by atoms with Crippen LogP contribution in [-0.4, -0.2) is 21.0 Å². The molecule has 134 valence electrons. The molecule has 0 atom stereocenters. The van der Waals surface area contributed by atoms with Gasteiger partial charge in [-0.1, -0.05) is 27.3 Å². The lowest BCUT2D eigenvalue weighted by molar-refractivity contribution is 0.0748. The van der Waals surface area contributed by atoms with E-state index in [1.807, 2.05) is 13.8 Å². The zero-order chi connectivity index (χ0) is 17.6. The largest absolute Gasteiger partial charge is 0.508 e. The van der Waals surface area contributed by atoms with E-state index in [0.29, 0.717) is 24.2 Å². The van der Waals surface area contributed by atoms with Gasteiger partial charge in [0.15, 0.2) is 0 Å². The van der Waals surface area contributed by atoms with Crippen LogP contribution >= 0.6 is 0 Å². The SMILES string of the molecule is C.Cc1cc2c(cc1F)CN(C(=O)c1cc(C(C)C)c(O)cc1O)C2. The lowest BCUT2D eigenvalue weighted by Crippen LogP contribution is -2.25. The number of carbonyl (C=O) groups excluding carboxylic acids is 1. The molecule has 0 fully saturated rings. The van der Waals surface area contributed by atoms with E-state index in [1.165, 1.54) is 18.2 Å². The Hall–Kier alpha value is -2.56. The highest BCUT2D eigenvalue weighted by molar-refractivity contribution is 5.97. The molecule has 0 aromatic heterocycles. The Kier molecular flexibility index (Phi) is 5.07. The molecule has 1 aliphatic heterocycles. The van der Waals surface area contributed by atoms with Crippen molar-refractivity contribution in [2.45, 2.75) is 47.2 Å². The van der Waals surface area contributed by atoms with Crippen LogP contribution in [0.4, 0.5) is 4.39 Å². The van der Waals surface area contributed by atoms with Crippen LogP contribution in [0, 0.1) is 12.7 Å². The van der Waals surface area contributed by atoms with Crippen LogP contribution in [0.15, 0.2) is 24.3 Å². The van der Waals surface area contributed by atoms with Gasteiger partial charge < -0.3 is 15.1 Å². The molecular weight excluding hydrogens is 321 g/mol. The number of carbonyl (C=O) groups is 1. The van der Waals surface area contributed by atoms with Crippen molar-refractivity contribution in [1.82, 2.24) is 4.90 Å². The number of phenolic OH excluding ortho intramolecular Hbond substituents is 2. The number of nitrogens with zero attached hydrogens (tertiary/aromatic N) is 1. The lowest BCUT2D eigenvalue weighted by atomic mass is 9.98. The molecule has 1 amide bonds. The quantitative estimate of drug-likeness (QED) is 0.845. The summed E-state index contributed by atoms with van der Waals surface area (Å²) >= 11 is 0. The average molecular weight is 345 g/mol. The highest BCUT2D eigenvalue weighted by Gasteiger charge is 2.27. The fraction of sp³-hybridized carbons (Fsp3) is 0.350. The third-order valence-electron chi connectivity index (χ3n) is 4.49. The van der Waals surface area contributed by atoms with Crippen molar-refractivity contribution in [3.05, 3.63) is 57.9 Å². The van der Waals surface area contributed by atoms with E-state index in [-0.39, 0.29) is 42.1 Å². The predicted octanol–water partition coefficient (Wildman–Crippen LogP) is 4.46. The maximum Gasteiger partial charge on any atom is 0.258 e. The molecule has 0 aliphatic carbocycles. The van der Waals surface area contributed by atoms with Gasteiger partial charge in [0.05, 0.1) is 5.56 Å². The van der Waals surface area contributed by atoms with Crippen LogP contribution in [0.2, 0.25) is 0 Å². The zero-order valence-electron chi connectivity index (χ0n) is 13.9. The molecule has 25 heavy (non-hydrogen) atoms. The number of hydrogen-bond acceptors (Lipinski definition) is 3. The highest BCUT2D eigenvalue weighted by atomic mass is 19.1. The molecule has 0 bridgehead atoms. The third-order valence-corrected chi connectivity index (χ3v) is 4.49. The highest BCUT2D eigenvalue weighted by Crippen LogP contribution is 2.34. The number of halogens is 1. The Labute approximate surface area is 147 Å². The van der Waals surface area contributed by atoms with Gasteiger partial charge in [-0.3, -0.25) is 4.79 Å². The van der Waals surface area contributed by atoms with E-state index in [9.17, 15) is 19.4 Å². The standard InChI is InChI=1S/C19H20FNO3.CH4/c1-10(2)14-6-15(18(23)7-17(14)22)19(24)21-8-12-4-11(3)16(20)5-13(12)9-21;/h4-7,10,22-23H,8-9H2,1-3H3;1H4. The van der Waals surface area contributed by atoms with Gasteiger partial charge in [-0.2, -0.15) is 0 Å². The molecule has 2 N–H and O–H groups in total. The lowest BCUT2D eigenvalue weighted by Gasteiger charge is -2.18. The second-order valence-corrected chi connectivity index (χ2v) is 6.61. The molecule has 0 saturated carbocycles. The summed E-state index contributed by atoms with van der Waals surface area (Å²) in [6, 6.07) is 5.96. The van der Waals surface area contributed by atoms with Crippen LogP contribution in [-0.2, 0) is 13.1 Å². The average Bonchev–Trinajstić information content (AvgIpc) is 2.89. The molecule has 0 spiro atoms. The zero-order valence-corrected chi connectivity index (χ0v) is 13.9. The minimum absolute atomic E-state index is 0. The van der Waals surface area contributed by atoms with E-state index in [1.54, 1.807) is 17.9 Å². The fourth-order valence-corrected chi connectivity index (χ4v) is 3.09. The number of aromatic hydroxyl groups is 2. The summed E-state index contributed by atoms with van der Waals surface area (Å²) in [6.45, 7) is 6.19. The van der Waals surface area contributed by atoms with Crippen molar-refractivity contribution >= 4 is 5.91 Å². The summed E-state index contributed by atoms with van der Waals surface area (Å²) in [5.41, 5.74) is 3.02. The van der Waals surface area contributed by atoms with Crippen molar-refractivity contribution in [1.29, 1.82) is 0 Å². The maximum atomic E-state index is 13.7. The minimum Gasteiger partial charge on any atom is -0.508 e. The molecule has 1 aliphatic rings. The second-order valence-electron chi connectivity index (χ2n) is 6.61. The van der Waals surface area contributed by atoms with E-state index in [2.05, 4.69) is 0 Å². The molecule has 4 nitrogen and oxygen atoms in total. The number of rotatable bonds is 2. The Bertz CT molecular complexity index is 799. The van der Waals surface area contributed by atoms with Gasteiger partial charge in [-0.25, -0.2) is 4.39 Å². The second kappa shape index (κ2) is 6.75. The molecule has 0 radical (unpaired) electrons. The summed E-state index contributed by atoms with van der Waals surface area (Å²) in [5, 5.41) is 20.0. The van der Waals surface area contributed by atoms with Crippen molar-refractivity contribution in [3.63, 3.8) is 0 Å². The van der Waals surface area contributed by atoms with Gasteiger partial charge in [0.25, 0.3) is 5.91 Å². The number of aryl methyl sites for hydroxylation is 1. The number of amides is 1. The van der Waals surface area contributed by atoms with Crippen molar-refractivity contribution < 1.29 is 19.4 Å². The molecule has 1 heterocycles. The first kappa shape index (κ1) is 18.8. The van der Waals surface area contributed by atoms with E-state index >= 15 is 0 Å². The Morgan fingerprint density at radius 1 is 1.08 bits per heavy atom. The topological polar surface area (TPSA) is 60.8 Å². The summed E-state index contributed by atoms with van der Waals surface area (Å²) in [4.78, 5) is 14.4. The Morgan fingerprint density at radius 3 is 2.28 bits per heavy atom. The summed E-state index contributed by atoms with van der Waals surface area (Å²) in [7, 11) is 0. The predicted molar refractivity (Wildman–Crippen MR) is 95.3 cm³/mol. The molecule has 5 heteroatoms. The van der Waals surface area contributed by atoms with E-state index < -0.39 is 0 Å². The molecular formula is C20H24FNO3. The van der Waals surface area contributed by atoms with Crippen LogP contribution in [0.1, 0.15) is 59.8 Å². The van der Waals surface area contributed by atoms with Crippen molar-refractivity contribution in [2.24, 2.45) is 0 Å². The Balaban J connectivity index is 0.00000225. The van der Waals surface area contributed by atoms with Gasteiger partial charge in [0.2, 0.25) is 0 Å². The molecule has 2 aromatic carbocycles. The van der Waals surface area contributed by atoms with Gasteiger partial charge >= 0.3 is 0 Å². The normalized spacial score (nSPS) is 12.9. The third kappa shape index (κ3) is 3.31. The first-order valence-corrected chi connectivity index (χ1v) is 7.91. The van der Waals surface area contributed by atoms with Gasteiger partial charge in [0, 0.05) is 19.2 Å². The monoisotopic (exact) mass is 345 g/mol. The Morgan fingerprint density at radius 2 is 1.68 bits per heavy atom. The van der Waals surface area contributed by atoms with Crippen molar-refractivity contribution in [2.75, 3.05) is 0 Å². The number of hydrogen-bond donors (Lipinski definition) is 2. The van der Waals surface area contributed by atoms with Gasteiger partial charge in [-0.05, 0) is 47.2 Å². The smallest absolute Gasteiger partial charge is 0.258 e. The van der Waals surface area contributed by atoms with Crippen LogP contribution < -0.4 is 0 Å². The number of fused-ring (bicyclic) bond motifs is 1. The van der Waals surface area contributed by atoms with Gasteiger partial charge in [0.1, 0.15) is 17.3 Å². The first-order valence-electron chi connectivity index (χ1n) is 7.91. The molecule has 2 aromatic rings. The molecule has 0 unspecified atom stereocenters. The van der Waals surface area contributed by atoms with Crippen LogP contribution in [0.5, 0.6) is 11.5 Å². The molecule has 3 rings (SSSR count). The minimum atomic E-state index is -0.330. The maximum absolute atomic E-state index is 13.7. The van der Waals surface area contributed by atoms with E-state index in [0.717, 1.165) is 11.1 Å². The van der Waals surface area contributed by atoms with Crippen molar-refractivity contribution in [3.8, 4) is 11.5 Å². The fourth-order valence-electron chi connectivity index (χ4n) is 3.09. The molecule has 0 saturated heterocycles. The van der Waals surface area contributed by atoms with Crippen LogP contribution in [0.25, 0.3) is 0 Å². The van der Waals surface area contributed by atoms with Gasteiger partial charge in [-0.15, -0.1) is 0 Å². The summed E-state index contributed by atoms with van der Waals surface area (Å²) in [6.07, 6.45) is 0. The van der Waals surface area contributed by atoms with E-state index in [4.69, 9.17) is 0 Å². The summed E-state index contributed by atoms with van der Waals surface area (Å²) < 4.78 is 13.7. The first-order chi connectivity index (χ1) is 11.3.